The molecule has 3 aromatic carbocycles. The Morgan fingerprint density at radius 2 is 1.12 bits per heavy atom. The molecular formula is C33H37N. The van der Waals surface area contributed by atoms with Crippen molar-refractivity contribution < 1.29 is 0 Å². The summed E-state index contributed by atoms with van der Waals surface area (Å²) in [6, 6.07) is 35.3. The van der Waals surface area contributed by atoms with Crippen molar-refractivity contribution in [2.45, 2.75) is 64.2 Å². The normalized spacial score (nSPS) is 12.9. The average molecular weight is 448 g/mol. The Hall–Kier alpha value is -3.19. The monoisotopic (exact) mass is 447 g/mol. The molecule has 1 heteroatoms. The summed E-state index contributed by atoms with van der Waals surface area (Å²) in [5, 5.41) is 0. The molecule has 0 aliphatic carbocycles. The predicted octanol–water partition coefficient (Wildman–Crippen LogP) is 9.39. The SMILES string of the molecule is CCCCC(c1ccccc1)c1ccc(-c2cccc(C(CCCC)c3ccccc3)c2)nc1. The topological polar surface area (TPSA) is 12.9 Å². The van der Waals surface area contributed by atoms with Crippen LogP contribution in [0.5, 0.6) is 0 Å². The van der Waals surface area contributed by atoms with E-state index in [1.165, 1.54) is 59.9 Å². The lowest BCUT2D eigenvalue weighted by molar-refractivity contribution is 0.648. The van der Waals surface area contributed by atoms with Crippen LogP contribution in [0.1, 0.15) is 86.5 Å². The quantitative estimate of drug-likeness (QED) is 0.223. The number of hydrogen-bond acceptors (Lipinski definition) is 1. The van der Waals surface area contributed by atoms with Gasteiger partial charge in [0.25, 0.3) is 0 Å². The van der Waals surface area contributed by atoms with Crippen molar-refractivity contribution in [3.63, 3.8) is 0 Å². The van der Waals surface area contributed by atoms with Crippen LogP contribution >= 0.6 is 0 Å². The summed E-state index contributed by atoms with van der Waals surface area (Å²) in [7, 11) is 0. The highest BCUT2D eigenvalue weighted by atomic mass is 14.7. The van der Waals surface area contributed by atoms with Gasteiger partial charge in [-0.05, 0) is 47.2 Å². The third-order valence-corrected chi connectivity index (χ3v) is 6.87. The summed E-state index contributed by atoms with van der Waals surface area (Å²) < 4.78 is 0. The number of rotatable bonds is 11. The first-order chi connectivity index (χ1) is 16.8. The lowest BCUT2D eigenvalue weighted by atomic mass is 9.86. The van der Waals surface area contributed by atoms with Gasteiger partial charge in [-0.2, -0.15) is 0 Å². The first-order valence-corrected chi connectivity index (χ1v) is 13.0. The van der Waals surface area contributed by atoms with Crippen LogP contribution in [0.3, 0.4) is 0 Å². The van der Waals surface area contributed by atoms with E-state index in [9.17, 15) is 0 Å². The Morgan fingerprint density at radius 1 is 0.559 bits per heavy atom. The van der Waals surface area contributed by atoms with Gasteiger partial charge < -0.3 is 0 Å². The molecule has 0 N–H and O–H groups in total. The zero-order valence-corrected chi connectivity index (χ0v) is 20.7. The Bertz CT molecular complexity index is 1120. The van der Waals surface area contributed by atoms with Crippen molar-refractivity contribution in [3.8, 4) is 11.3 Å². The van der Waals surface area contributed by atoms with Gasteiger partial charge in [0, 0.05) is 23.6 Å². The van der Waals surface area contributed by atoms with Crippen molar-refractivity contribution in [1.29, 1.82) is 0 Å². The first-order valence-electron chi connectivity index (χ1n) is 13.0. The minimum Gasteiger partial charge on any atom is -0.256 e. The lowest BCUT2D eigenvalue weighted by Crippen LogP contribution is -2.03. The van der Waals surface area contributed by atoms with Gasteiger partial charge in [-0.25, -0.2) is 0 Å². The molecule has 2 unspecified atom stereocenters. The maximum Gasteiger partial charge on any atom is 0.0702 e. The van der Waals surface area contributed by atoms with Crippen LogP contribution in [0.4, 0.5) is 0 Å². The largest absolute Gasteiger partial charge is 0.256 e. The number of benzene rings is 3. The summed E-state index contributed by atoms with van der Waals surface area (Å²) in [5.41, 5.74) is 7.73. The molecule has 0 spiro atoms. The molecule has 174 valence electrons. The van der Waals surface area contributed by atoms with Crippen molar-refractivity contribution in [2.24, 2.45) is 0 Å². The van der Waals surface area contributed by atoms with Crippen LogP contribution in [0.2, 0.25) is 0 Å². The van der Waals surface area contributed by atoms with E-state index < -0.39 is 0 Å². The fraction of sp³-hybridized carbons (Fsp3) is 0.303. The second kappa shape index (κ2) is 12.3. The molecule has 1 nitrogen and oxygen atoms in total. The molecule has 0 radical (unpaired) electrons. The third-order valence-electron chi connectivity index (χ3n) is 6.87. The van der Waals surface area contributed by atoms with Gasteiger partial charge >= 0.3 is 0 Å². The van der Waals surface area contributed by atoms with Crippen LogP contribution in [0.15, 0.2) is 103 Å². The van der Waals surface area contributed by atoms with Gasteiger partial charge in [-0.15, -0.1) is 0 Å². The fourth-order valence-corrected chi connectivity index (χ4v) is 4.94. The Morgan fingerprint density at radius 3 is 1.65 bits per heavy atom. The minimum absolute atomic E-state index is 0.408. The summed E-state index contributed by atoms with van der Waals surface area (Å²) in [6.45, 7) is 4.53. The summed E-state index contributed by atoms with van der Waals surface area (Å²) in [4.78, 5) is 4.94. The highest BCUT2D eigenvalue weighted by molar-refractivity contribution is 5.61. The van der Waals surface area contributed by atoms with Gasteiger partial charge in [-0.3, -0.25) is 4.98 Å². The molecule has 0 saturated carbocycles. The van der Waals surface area contributed by atoms with Crippen molar-refractivity contribution in [2.75, 3.05) is 0 Å². The summed E-state index contributed by atoms with van der Waals surface area (Å²) >= 11 is 0. The molecule has 0 aliphatic heterocycles. The molecule has 2 atom stereocenters. The Kier molecular flexibility index (Phi) is 8.68. The summed E-state index contributed by atoms with van der Waals surface area (Å²) in [6.07, 6.45) is 9.31. The van der Waals surface area contributed by atoms with E-state index in [-0.39, 0.29) is 0 Å². The number of hydrogen-bond donors (Lipinski definition) is 0. The fourth-order valence-electron chi connectivity index (χ4n) is 4.94. The van der Waals surface area contributed by atoms with Gasteiger partial charge in [0.2, 0.25) is 0 Å². The zero-order chi connectivity index (χ0) is 23.6. The van der Waals surface area contributed by atoms with Crippen molar-refractivity contribution >= 4 is 0 Å². The molecule has 0 fully saturated rings. The maximum atomic E-state index is 4.94. The van der Waals surface area contributed by atoms with E-state index in [2.05, 4.69) is 117 Å². The van der Waals surface area contributed by atoms with Crippen LogP contribution in [-0.2, 0) is 0 Å². The van der Waals surface area contributed by atoms with E-state index in [1.54, 1.807) is 0 Å². The number of unbranched alkanes of at least 4 members (excludes halogenated alkanes) is 2. The van der Waals surface area contributed by atoms with Gasteiger partial charge in [0.05, 0.1) is 5.69 Å². The van der Waals surface area contributed by atoms with Gasteiger partial charge in [-0.1, -0.05) is 124 Å². The third kappa shape index (κ3) is 6.03. The molecule has 0 aliphatic rings. The van der Waals surface area contributed by atoms with Crippen LogP contribution in [0.25, 0.3) is 11.3 Å². The average Bonchev–Trinajstić information content (AvgIpc) is 2.91. The molecule has 0 bridgehead atoms. The van der Waals surface area contributed by atoms with Crippen molar-refractivity contribution in [3.05, 3.63) is 126 Å². The second-order valence-electron chi connectivity index (χ2n) is 9.31. The van der Waals surface area contributed by atoms with E-state index in [0.29, 0.717) is 11.8 Å². The van der Waals surface area contributed by atoms with Crippen LogP contribution in [0, 0.1) is 0 Å². The molecule has 1 heterocycles. The Balaban J connectivity index is 1.61. The molecule has 0 amide bonds. The maximum absolute atomic E-state index is 4.94. The van der Waals surface area contributed by atoms with Gasteiger partial charge in [0.1, 0.15) is 0 Å². The predicted molar refractivity (Wildman–Crippen MR) is 145 cm³/mol. The van der Waals surface area contributed by atoms with E-state index in [0.717, 1.165) is 12.1 Å². The summed E-state index contributed by atoms with van der Waals surface area (Å²) in [5.74, 6) is 0.836. The first kappa shape index (κ1) is 24.0. The molecule has 1 aromatic heterocycles. The lowest BCUT2D eigenvalue weighted by Gasteiger charge is -2.19. The van der Waals surface area contributed by atoms with Gasteiger partial charge in [0.15, 0.2) is 0 Å². The standard InChI is InChI=1S/C33H37N/c1-3-5-20-31(26-14-9-7-10-15-26)28-18-13-19-29(24-28)33-23-22-30(25-34-33)32(21-6-4-2)27-16-11-8-12-17-27/h7-19,22-25,31-32H,3-6,20-21H2,1-2H3. The Labute approximate surface area is 205 Å². The zero-order valence-electron chi connectivity index (χ0n) is 20.7. The smallest absolute Gasteiger partial charge is 0.0702 e. The minimum atomic E-state index is 0.408. The highest BCUT2D eigenvalue weighted by Crippen LogP contribution is 2.33. The number of nitrogens with zero attached hydrogens (tertiary/aromatic N) is 1. The van der Waals surface area contributed by atoms with Crippen LogP contribution in [-0.4, -0.2) is 4.98 Å². The number of pyridine rings is 1. The molecule has 34 heavy (non-hydrogen) atoms. The molecule has 4 rings (SSSR count). The molecule has 4 aromatic rings. The molecular weight excluding hydrogens is 410 g/mol. The van der Waals surface area contributed by atoms with Crippen LogP contribution < -0.4 is 0 Å². The second-order valence-corrected chi connectivity index (χ2v) is 9.31. The van der Waals surface area contributed by atoms with E-state index in [1.807, 2.05) is 0 Å². The molecule has 0 saturated heterocycles. The van der Waals surface area contributed by atoms with Crippen molar-refractivity contribution in [1.82, 2.24) is 4.98 Å². The number of aromatic nitrogens is 1. The highest BCUT2D eigenvalue weighted by Gasteiger charge is 2.16. The van der Waals surface area contributed by atoms with E-state index >= 15 is 0 Å². The van der Waals surface area contributed by atoms with E-state index in [4.69, 9.17) is 4.98 Å².